The highest BCUT2D eigenvalue weighted by Crippen LogP contribution is 2.34. The summed E-state index contributed by atoms with van der Waals surface area (Å²) in [5.74, 6) is 0. The molecule has 0 fully saturated rings. The summed E-state index contributed by atoms with van der Waals surface area (Å²) in [5.41, 5.74) is 3.56. The molecule has 0 aliphatic rings. The third-order valence-electron chi connectivity index (χ3n) is 3.15. The smallest absolute Gasteiger partial charge is 0.115 e. The summed E-state index contributed by atoms with van der Waals surface area (Å²) in [5, 5.41) is 12.3. The molecule has 2 heterocycles. The van der Waals surface area contributed by atoms with Gasteiger partial charge in [0.25, 0.3) is 0 Å². The maximum atomic E-state index is 9.51. The summed E-state index contributed by atoms with van der Waals surface area (Å²) in [6.07, 6.45) is 1.95. The molecule has 2 aromatic heterocycles. The summed E-state index contributed by atoms with van der Waals surface area (Å²) in [6.45, 7) is 0. The number of thioether (sulfide) groups is 1. The standard InChI is InChI=1S/C17H12N2S2/c1-20-17-14(11-18)13(12-6-3-2-4-7-12)10-15(19-17)16-8-5-9-21-16/h2-10H,1H3. The van der Waals surface area contributed by atoms with Crippen LogP contribution in [-0.2, 0) is 0 Å². The van der Waals surface area contributed by atoms with Gasteiger partial charge in [-0.1, -0.05) is 36.4 Å². The van der Waals surface area contributed by atoms with Gasteiger partial charge in [0.1, 0.15) is 11.1 Å². The van der Waals surface area contributed by atoms with Crippen molar-refractivity contribution in [3.8, 4) is 27.8 Å². The van der Waals surface area contributed by atoms with Crippen LogP contribution < -0.4 is 0 Å². The van der Waals surface area contributed by atoms with Crippen LogP contribution in [-0.4, -0.2) is 11.2 Å². The minimum absolute atomic E-state index is 0.647. The first-order chi connectivity index (χ1) is 10.3. The number of nitrogens with zero attached hydrogens (tertiary/aromatic N) is 2. The van der Waals surface area contributed by atoms with Crippen molar-refractivity contribution in [3.05, 3.63) is 59.5 Å². The summed E-state index contributed by atoms with van der Waals surface area (Å²) in [7, 11) is 0. The first-order valence-corrected chi connectivity index (χ1v) is 8.52. The third-order valence-corrected chi connectivity index (χ3v) is 4.72. The number of benzene rings is 1. The molecule has 0 spiro atoms. The SMILES string of the molecule is CSc1nc(-c2cccs2)cc(-c2ccccc2)c1C#N. The number of pyridine rings is 1. The third kappa shape index (κ3) is 2.71. The minimum Gasteiger partial charge on any atom is -0.239 e. The molecular weight excluding hydrogens is 296 g/mol. The Morgan fingerprint density at radius 1 is 1.14 bits per heavy atom. The fraction of sp³-hybridized carbons (Fsp3) is 0.0588. The number of hydrogen-bond donors (Lipinski definition) is 0. The molecule has 102 valence electrons. The Bertz CT molecular complexity index is 788. The summed E-state index contributed by atoms with van der Waals surface area (Å²) < 4.78 is 0. The molecular formula is C17H12N2S2. The van der Waals surface area contributed by atoms with E-state index in [0.717, 1.165) is 26.7 Å². The summed E-state index contributed by atoms with van der Waals surface area (Å²) in [6, 6.07) is 18.4. The first kappa shape index (κ1) is 13.9. The van der Waals surface area contributed by atoms with Gasteiger partial charge in [0.2, 0.25) is 0 Å². The number of hydrogen-bond acceptors (Lipinski definition) is 4. The van der Waals surface area contributed by atoms with Crippen molar-refractivity contribution in [2.75, 3.05) is 6.26 Å². The Kier molecular flexibility index (Phi) is 4.05. The second kappa shape index (κ2) is 6.13. The van der Waals surface area contributed by atoms with Gasteiger partial charge in [-0.2, -0.15) is 5.26 Å². The summed E-state index contributed by atoms with van der Waals surface area (Å²) >= 11 is 3.17. The van der Waals surface area contributed by atoms with Gasteiger partial charge in [-0.3, -0.25) is 0 Å². The van der Waals surface area contributed by atoms with Crippen LogP contribution in [0.2, 0.25) is 0 Å². The predicted octanol–water partition coefficient (Wildman–Crippen LogP) is 5.07. The van der Waals surface area contributed by atoms with E-state index >= 15 is 0 Å². The van der Waals surface area contributed by atoms with E-state index in [9.17, 15) is 5.26 Å². The van der Waals surface area contributed by atoms with Gasteiger partial charge in [0, 0.05) is 5.56 Å². The minimum atomic E-state index is 0.647. The van der Waals surface area contributed by atoms with E-state index < -0.39 is 0 Å². The molecule has 0 bridgehead atoms. The monoisotopic (exact) mass is 308 g/mol. The van der Waals surface area contributed by atoms with Crippen LogP contribution in [0.25, 0.3) is 21.7 Å². The van der Waals surface area contributed by atoms with Crippen molar-refractivity contribution in [1.29, 1.82) is 5.26 Å². The molecule has 0 aliphatic carbocycles. The van der Waals surface area contributed by atoms with Crippen LogP contribution in [0.3, 0.4) is 0 Å². The molecule has 4 heteroatoms. The largest absolute Gasteiger partial charge is 0.239 e. The number of rotatable bonds is 3. The zero-order chi connectivity index (χ0) is 14.7. The molecule has 0 N–H and O–H groups in total. The van der Waals surface area contributed by atoms with Crippen LogP contribution >= 0.6 is 23.1 Å². The highest BCUT2D eigenvalue weighted by atomic mass is 32.2. The van der Waals surface area contributed by atoms with Crippen molar-refractivity contribution in [1.82, 2.24) is 4.98 Å². The van der Waals surface area contributed by atoms with E-state index in [1.165, 1.54) is 11.8 Å². The van der Waals surface area contributed by atoms with Crippen LogP contribution in [0.15, 0.2) is 58.9 Å². The Morgan fingerprint density at radius 3 is 2.57 bits per heavy atom. The Hall–Kier alpha value is -2.09. The maximum Gasteiger partial charge on any atom is 0.115 e. The number of nitriles is 1. The zero-order valence-corrected chi connectivity index (χ0v) is 13.0. The molecule has 0 unspecified atom stereocenters. The molecule has 3 aromatic rings. The topological polar surface area (TPSA) is 36.7 Å². The van der Waals surface area contributed by atoms with Gasteiger partial charge in [0.15, 0.2) is 0 Å². The molecule has 0 radical (unpaired) electrons. The average molecular weight is 308 g/mol. The number of aromatic nitrogens is 1. The van der Waals surface area contributed by atoms with Crippen molar-refractivity contribution >= 4 is 23.1 Å². The van der Waals surface area contributed by atoms with Gasteiger partial charge in [-0.25, -0.2) is 4.98 Å². The first-order valence-electron chi connectivity index (χ1n) is 6.42. The predicted molar refractivity (Wildman–Crippen MR) is 89.5 cm³/mol. The molecule has 21 heavy (non-hydrogen) atoms. The van der Waals surface area contributed by atoms with Gasteiger partial charge in [-0.15, -0.1) is 23.1 Å². The van der Waals surface area contributed by atoms with Crippen LogP contribution in [0.1, 0.15) is 5.56 Å². The lowest BCUT2D eigenvalue weighted by Gasteiger charge is -2.10. The van der Waals surface area contributed by atoms with Gasteiger partial charge < -0.3 is 0 Å². The quantitative estimate of drug-likeness (QED) is 0.634. The molecule has 0 atom stereocenters. The number of thiophene rings is 1. The summed E-state index contributed by atoms with van der Waals surface area (Å²) in [4.78, 5) is 5.76. The highest BCUT2D eigenvalue weighted by Gasteiger charge is 2.14. The molecule has 0 saturated carbocycles. The Labute approximate surface area is 132 Å². The van der Waals surface area contributed by atoms with E-state index in [-0.39, 0.29) is 0 Å². The molecule has 3 rings (SSSR count). The van der Waals surface area contributed by atoms with Crippen molar-refractivity contribution < 1.29 is 0 Å². The highest BCUT2D eigenvalue weighted by molar-refractivity contribution is 7.98. The van der Waals surface area contributed by atoms with Crippen LogP contribution in [0.4, 0.5) is 0 Å². The maximum absolute atomic E-state index is 9.51. The van der Waals surface area contributed by atoms with E-state index in [1.54, 1.807) is 11.3 Å². The molecule has 2 nitrogen and oxygen atoms in total. The van der Waals surface area contributed by atoms with Crippen molar-refractivity contribution in [2.45, 2.75) is 5.03 Å². The van der Waals surface area contributed by atoms with Crippen molar-refractivity contribution in [2.24, 2.45) is 0 Å². The van der Waals surface area contributed by atoms with E-state index in [0.29, 0.717) is 5.56 Å². The normalized spacial score (nSPS) is 10.3. The fourth-order valence-corrected chi connectivity index (χ4v) is 3.41. The molecule has 1 aromatic carbocycles. The van der Waals surface area contributed by atoms with Gasteiger partial charge in [-0.05, 0) is 29.3 Å². The molecule has 0 saturated heterocycles. The van der Waals surface area contributed by atoms with Crippen LogP contribution in [0, 0.1) is 11.3 Å². The van der Waals surface area contributed by atoms with E-state index in [1.807, 2.05) is 54.1 Å². The lowest BCUT2D eigenvalue weighted by molar-refractivity contribution is 1.13. The second-order valence-electron chi connectivity index (χ2n) is 4.39. The average Bonchev–Trinajstić information content (AvgIpc) is 3.08. The molecule has 0 amide bonds. The zero-order valence-electron chi connectivity index (χ0n) is 11.4. The second-order valence-corrected chi connectivity index (χ2v) is 6.14. The van der Waals surface area contributed by atoms with Crippen LogP contribution in [0.5, 0.6) is 0 Å². The molecule has 0 aliphatic heterocycles. The van der Waals surface area contributed by atoms with Gasteiger partial charge in [0.05, 0.1) is 16.1 Å². The Morgan fingerprint density at radius 2 is 1.95 bits per heavy atom. The van der Waals surface area contributed by atoms with Gasteiger partial charge >= 0.3 is 0 Å². The lowest BCUT2D eigenvalue weighted by Crippen LogP contribution is -1.94. The fourth-order valence-electron chi connectivity index (χ4n) is 2.17. The lowest BCUT2D eigenvalue weighted by atomic mass is 10.0. The Balaban J connectivity index is 2.27. The van der Waals surface area contributed by atoms with E-state index in [4.69, 9.17) is 0 Å². The van der Waals surface area contributed by atoms with E-state index in [2.05, 4.69) is 17.1 Å². The van der Waals surface area contributed by atoms with Crippen molar-refractivity contribution in [3.63, 3.8) is 0 Å².